The van der Waals surface area contributed by atoms with Gasteiger partial charge in [-0.3, -0.25) is 4.79 Å². The maximum Gasteiger partial charge on any atom is 0.323 e. The van der Waals surface area contributed by atoms with E-state index in [1.54, 1.807) is 4.90 Å². The quantitative estimate of drug-likeness (QED) is 0.549. The molecule has 0 bridgehead atoms. The molecule has 0 saturated heterocycles. The summed E-state index contributed by atoms with van der Waals surface area (Å²) < 4.78 is 10.5. The molecule has 7 nitrogen and oxygen atoms in total. The SMILES string of the molecule is CCCN(CC(=O)O)C(=O)N(CCOCC)CCOCC. The van der Waals surface area contributed by atoms with Crippen molar-refractivity contribution in [3.63, 3.8) is 0 Å². The van der Waals surface area contributed by atoms with Crippen LogP contribution in [0.1, 0.15) is 27.2 Å². The van der Waals surface area contributed by atoms with Gasteiger partial charge < -0.3 is 24.4 Å². The molecule has 0 aromatic carbocycles. The summed E-state index contributed by atoms with van der Waals surface area (Å²) in [6.45, 7) is 8.72. The van der Waals surface area contributed by atoms with Crippen LogP contribution in [0.5, 0.6) is 0 Å². The Morgan fingerprint density at radius 1 is 0.905 bits per heavy atom. The molecular weight excluding hydrogens is 276 g/mol. The minimum absolute atomic E-state index is 0.279. The van der Waals surface area contributed by atoms with Gasteiger partial charge in [0, 0.05) is 32.8 Å². The van der Waals surface area contributed by atoms with Crippen LogP contribution in [0.4, 0.5) is 4.79 Å². The van der Waals surface area contributed by atoms with Crippen LogP contribution in [-0.2, 0) is 14.3 Å². The van der Waals surface area contributed by atoms with Crippen LogP contribution >= 0.6 is 0 Å². The predicted octanol–water partition coefficient (Wildman–Crippen LogP) is 1.28. The molecule has 0 aliphatic rings. The van der Waals surface area contributed by atoms with Gasteiger partial charge in [-0.2, -0.15) is 0 Å². The molecule has 124 valence electrons. The molecule has 0 fully saturated rings. The van der Waals surface area contributed by atoms with Crippen LogP contribution in [0.2, 0.25) is 0 Å². The number of hydrogen-bond donors (Lipinski definition) is 1. The number of urea groups is 1. The zero-order valence-electron chi connectivity index (χ0n) is 13.3. The summed E-state index contributed by atoms with van der Waals surface area (Å²) in [5.41, 5.74) is 0. The molecule has 0 atom stereocenters. The second kappa shape index (κ2) is 12.4. The van der Waals surface area contributed by atoms with Crippen molar-refractivity contribution in [1.82, 2.24) is 9.80 Å². The zero-order chi connectivity index (χ0) is 16.1. The summed E-state index contributed by atoms with van der Waals surface area (Å²) in [5, 5.41) is 8.91. The maximum absolute atomic E-state index is 12.4. The molecule has 21 heavy (non-hydrogen) atoms. The lowest BCUT2D eigenvalue weighted by Gasteiger charge is -2.29. The molecule has 1 N–H and O–H groups in total. The first-order valence-corrected chi connectivity index (χ1v) is 7.47. The lowest BCUT2D eigenvalue weighted by molar-refractivity contribution is -0.137. The highest BCUT2D eigenvalue weighted by atomic mass is 16.5. The van der Waals surface area contributed by atoms with Gasteiger partial charge in [0.25, 0.3) is 0 Å². The highest BCUT2D eigenvalue weighted by Gasteiger charge is 2.22. The molecule has 0 aliphatic carbocycles. The van der Waals surface area contributed by atoms with Crippen molar-refractivity contribution < 1.29 is 24.2 Å². The van der Waals surface area contributed by atoms with Crippen molar-refractivity contribution in [2.45, 2.75) is 27.2 Å². The average Bonchev–Trinajstić information content (AvgIpc) is 2.44. The van der Waals surface area contributed by atoms with Gasteiger partial charge in [-0.1, -0.05) is 6.92 Å². The summed E-state index contributed by atoms with van der Waals surface area (Å²) in [5.74, 6) is -1.01. The number of aliphatic carboxylic acids is 1. The fraction of sp³-hybridized carbons (Fsp3) is 0.857. The summed E-state index contributed by atoms with van der Waals surface area (Å²) in [7, 11) is 0. The Labute approximate surface area is 126 Å². The molecule has 0 spiro atoms. The minimum atomic E-state index is -1.01. The van der Waals surface area contributed by atoms with Gasteiger partial charge in [-0.05, 0) is 20.3 Å². The molecule has 0 saturated carbocycles. The van der Waals surface area contributed by atoms with E-state index < -0.39 is 5.97 Å². The monoisotopic (exact) mass is 304 g/mol. The molecule has 0 heterocycles. The fourth-order valence-electron chi connectivity index (χ4n) is 1.82. The molecule has 0 aromatic rings. The molecular formula is C14H28N2O5. The third kappa shape index (κ3) is 9.25. The van der Waals surface area contributed by atoms with Crippen molar-refractivity contribution in [3.05, 3.63) is 0 Å². The smallest absolute Gasteiger partial charge is 0.323 e. The largest absolute Gasteiger partial charge is 0.480 e. The third-order valence-corrected chi connectivity index (χ3v) is 2.78. The van der Waals surface area contributed by atoms with E-state index in [4.69, 9.17) is 14.6 Å². The Balaban J connectivity index is 4.63. The second-order valence-corrected chi connectivity index (χ2v) is 4.48. The van der Waals surface area contributed by atoms with Gasteiger partial charge in [-0.15, -0.1) is 0 Å². The summed E-state index contributed by atoms with van der Waals surface area (Å²) in [4.78, 5) is 26.2. The topological polar surface area (TPSA) is 79.3 Å². The third-order valence-electron chi connectivity index (χ3n) is 2.78. The van der Waals surface area contributed by atoms with Crippen molar-refractivity contribution in [3.8, 4) is 0 Å². The first kappa shape index (κ1) is 19.7. The number of nitrogens with zero attached hydrogens (tertiary/aromatic N) is 2. The number of carboxylic acids is 1. The number of carboxylic acid groups (broad SMARTS) is 1. The van der Waals surface area contributed by atoms with E-state index in [1.807, 2.05) is 20.8 Å². The van der Waals surface area contributed by atoms with Crippen LogP contribution < -0.4 is 0 Å². The molecule has 7 heteroatoms. The number of ether oxygens (including phenoxy) is 2. The van der Waals surface area contributed by atoms with E-state index in [-0.39, 0.29) is 12.6 Å². The molecule has 0 aliphatic heterocycles. The predicted molar refractivity (Wildman–Crippen MR) is 79.5 cm³/mol. The molecule has 2 amide bonds. The van der Waals surface area contributed by atoms with Crippen LogP contribution in [0.3, 0.4) is 0 Å². The van der Waals surface area contributed by atoms with Crippen LogP contribution in [-0.4, -0.2) is 79.5 Å². The number of carbonyl (C=O) groups excluding carboxylic acids is 1. The van der Waals surface area contributed by atoms with E-state index in [0.29, 0.717) is 52.5 Å². The Hall–Kier alpha value is -1.34. The zero-order valence-corrected chi connectivity index (χ0v) is 13.3. The van der Waals surface area contributed by atoms with E-state index in [1.165, 1.54) is 4.90 Å². The fourth-order valence-corrected chi connectivity index (χ4v) is 1.82. The van der Waals surface area contributed by atoms with Crippen LogP contribution in [0.25, 0.3) is 0 Å². The highest BCUT2D eigenvalue weighted by Crippen LogP contribution is 2.02. The molecule has 0 unspecified atom stereocenters. The number of carbonyl (C=O) groups is 2. The van der Waals surface area contributed by atoms with Gasteiger partial charge in [0.15, 0.2) is 0 Å². The normalized spacial score (nSPS) is 10.4. The second-order valence-electron chi connectivity index (χ2n) is 4.48. The maximum atomic E-state index is 12.4. The lowest BCUT2D eigenvalue weighted by atomic mass is 10.4. The lowest BCUT2D eigenvalue weighted by Crippen LogP contribution is -2.47. The van der Waals surface area contributed by atoms with E-state index in [9.17, 15) is 9.59 Å². The summed E-state index contributed by atoms with van der Waals surface area (Å²) in [6.07, 6.45) is 0.712. The molecule has 0 radical (unpaired) electrons. The van der Waals surface area contributed by atoms with Gasteiger partial charge in [0.2, 0.25) is 0 Å². The van der Waals surface area contributed by atoms with Crippen molar-refractivity contribution in [2.75, 3.05) is 52.6 Å². The van der Waals surface area contributed by atoms with Crippen molar-refractivity contribution >= 4 is 12.0 Å². The molecule has 0 rings (SSSR count). The van der Waals surface area contributed by atoms with Crippen molar-refractivity contribution in [2.24, 2.45) is 0 Å². The Bertz CT molecular complexity index is 289. The Morgan fingerprint density at radius 2 is 1.43 bits per heavy atom. The number of hydrogen-bond acceptors (Lipinski definition) is 4. The Morgan fingerprint density at radius 3 is 1.81 bits per heavy atom. The van der Waals surface area contributed by atoms with Crippen LogP contribution in [0.15, 0.2) is 0 Å². The van der Waals surface area contributed by atoms with E-state index >= 15 is 0 Å². The van der Waals surface area contributed by atoms with E-state index in [2.05, 4.69) is 0 Å². The van der Waals surface area contributed by atoms with Crippen LogP contribution in [0, 0.1) is 0 Å². The number of amides is 2. The highest BCUT2D eigenvalue weighted by molar-refractivity contribution is 5.80. The average molecular weight is 304 g/mol. The first-order chi connectivity index (χ1) is 10.1. The summed E-state index contributed by atoms with van der Waals surface area (Å²) in [6, 6.07) is -0.279. The molecule has 0 aromatic heterocycles. The van der Waals surface area contributed by atoms with Gasteiger partial charge >= 0.3 is 12.0 Å². The minimum Gasteiger partial charge on any atom is -0.480 e. The summed E-state index contributed by atoms with van der Waals surface area (Å²) >= 11 is 0. The van der Waals surface area contributed by atoms with Gasteiger partial charge in [0.1, 0.15) is 6.54 Å². The number of rotatable bonds is 12. The van der Waals surface area contributed by atoms with Crippen molar-refractivity contribution in [1.29, 1.82) is 0 Å². The first-order valence-electron chi connectivity index (χ1n) is 7.47. The van der Waals surface area contributed by atoms with Gasteiger partial charge in [0.05, 0.1) is 13.2 Å². The van der Waals surface area contributed by atoms with E-state index in [0.717, 1.165) is 0 Å². The standard InChI is InChI=1S/C14H28N2O5/c1-4-7-16(12-13(17)18)14(19)15(8-10-20-5-2)9-11-21-6-3/h4-12H2,1-3H3,(H,17,18). The Kier molecular flexibility index (Phi) is 11.6. The van der Waals surface area contributed by atoms with Gasteiger partial charge in [-0.25, -0.2) is 4.79 Å².